The smallest absolute Gasteiger partial charge is 0.123 e. The minimum Gasteiger partial charge on any atom is -0.303 e. The fraction of sp³-hybridized carbons (Fsp3) is 0.700. The number of hydrogen-bond acceptors (Lipinski definition) is 1. The van der Waals surface area contributed by atoms with E-state index in [4.69, 9.17) is 0 Å². The Morgan fingerprint density at radius 2 is 2.27 bits per heavy atom. The normalized spacial score (nSPS) is 29.2. The molecule has 0 N–H and O–H groups in total. The fourth-order valence-corrected chi connectivity index (χ4v) is 1.21. The Balaban J connectivity index is 2.03. The predicted octanol–water partition coefficient (Wildman–Crippen LogP) is 2.57. The molecule has 62 valence electrons. The first-order valence-electron chi connectivity index (χ1n) is 4.50. The van der Waals surface area contributed by atoms with Gasteiger partial charge in [0.15, 0.2) is 0 Å². The Morgan fingerprint density at radius 1 is 1.45 bits per heavy atom. The second-order valence-electron chi connectivity index (χ2n) is 3.27. The van der Waals surface area contributed by atoms with Gasteiger partial charge in [0, 0.05) is 5.92 Å². The van der Waals surface area contributed by atoms with Crippen molar-refractivity contribution in [3.8, 4) is 0 Å². The average Bonchev–Trinajstić information content (AvgIpc) is 2.77. The lowest BCUT2D eigenvalue weighted by atomic mass is 10.2. The second-order valence-corrected chi connectivity index (χ2v) is 3.27. The molecule has 0 saturated heterocycles. The largest absolute Gasteiger partial charge is 0.303 e. The monoisotopic (exact) mass is 152 g/mol. The van der Waals surface area contributed by atoms with E-state index in [9.17, 15) is 4.79 Å². The maximum Gasteiger partial charge on any atom is 0.123 e. The molecule has 0 aromatic carbocycles. The molecule has 0 spiro atoms. The molecule has 1 fully saturated rings. The van der Waals surface area contributed by atoms with Crippen molar-refractivity contribution in [1.82, 2.24) is 0 Å². The van der Waals surface area contributed by atoms with E-state index in [0.29, 0.717) is 11.8 Å². The van der Waals surface area contributed by atoms with E-state index in [1.165, 1.54) is 19.3 Å². The summed E-state index contributed by atoms with van der Waals surface area (Å²) in [6, 6.07) is 0. The van der Waals surface area contributed by atoms with Gasteiger partial charge in [-0.3, -0.25) is 0 Å². The van der Waals surface area contributed by atoms with Crippen molar-refractivity contribution in [2.75, 3.05) is 0 Å². The first-order valence-corrected chi connectivity index (χ1v) is 4.50. The molecule has 11 heavy (non-hydrogen) atoms. The SMILES string of the molecule is CCCCC=C[C@H]1C[C@@H]1C=O. The van der Waals surface area contributed by atoms with Crippen molar-refractivity contribution in [3.05, 3.63) is 12.2 Å². The van der Waals surface area contributed by atoms with Crippen LogP contribution >= 0.6 is 0 Å². The highest BCUT2D eigenvalue weighted by Gasteiger charge is 2.33. The molecule has 0 aromatic heterocycles. The van der Waals surface area contributed by atoms with Gasteiger partial charge >= 0.3 is 0 Å². The molecule has 1 aliphatic carbocycles. The van der Waals surface area contributed by atoms with E-state index < -0.39 is 0 Å². The fourth-order valence-electron chi connectivity index (χ4n) is 1.21. The molecule has 0 aliphatic heterocycles. The van der Waals surface area contributed by atoms with Crippen LogP contribution in [0.1, 0.15) is 32.6 Å². The van der Waals surface area contributed by atoms with Gasteiger partial charge in [-0.05, 0) is 18.8 Å². The molecule has 2 atom stereocenters. The highest BCUT2D eigenvalue weighted by Crippen LogP contribution is 2.37. The van der Waals surface area contributed by atoms with E-state index in [1.54, 1.807) is 0 Å². The standard InChI is InChI=1S/C10H16O/c1-2-3-4-5-6-9-7-10(9)8-11/h5-6,8-10H,2-4,7H2,1H3/t9-,10+/m0/s1. The summed E-state index contributed by atoms with van der Waals surface area (Å²) in [5, 5.41) is 0. The summed E-state index contributed by atoms with van der Waals surface area (Å²) in [6.07, 6.45) is 10.3. The molecule has 1 heteroatoms. The quantitative estimate of drug-likeness (QED) is 0.336. The van der Waals surface area contributed by atoms with Gasteiger partial charge in [0.25, 0.3) is 0 Å². The van der Waals surface area contributed by atoms with Crippen LogP contribution in [0.5, 0.6) is 0 Å². The van der Waals surface area contributed by atoms with E-state index in [2.05, 4.69) is 19.1 Å². The van der Waals surface area contributed by atoms with Crippen LogP contribution in [0.2, 0.25) is 0 Å². The van der Waals surface area contributed by atoms with E-state index >= 15 is 0 Å². The zero-order chi connectivity index (χ0) is 8.10. The summed E-state index contributed by atoms with van der Waals surface area (Å²) in [7, 11) is 0. The summed E-state index contributed by atoms with van der Waals surface area (Å²) >= 11 is 0. The molecule has 1 saturated carbocycles. The van der Waals surface area contributed by atoms with Crippen molar-refractivity contribution in [1.29, 1.82) is 0 Å². The van der Waals surface area contributed by atoms with E-state index in [1.807, 2.05) is 0 Å². The number of aldehydes is 1. The molecule has 0 radical (unpaired) electrons. The van der Waals surface area contributed by atoms with E-state index in [-0.39, 0.29) is 0 Å². The molecule has 0 unspecified atom stereocenters. The van der Waals surface area contributed by atoms with Gasteiger partial charge in [-0.15, -0.1) is 0 Å². The zero-order valence-electron chi connectivity index (χ0n) is 7.12. The van der Waals surface area contributed by atoms with Crippen molar-refractivity contribution in [2.45, 2.75) is 32.6 Å². The maximum absolute atomic E-state index is 10.2. The van der Waals surface area contributed by atoms with Gasteiger partial charge in [-0.1, -0.05) is 31.9 Å². The third-order valence-electron chi connectivity index (χ3n) is 2.17. The molecule has 0 aromatic rings. The molecule has 0 bridgehead atoms. The van der Waals surface area contributed by atoms with Crippen molar-refractivity contribution >= 4 is 6.29 Å². The summed E-state index contributed by atoms with van der Waals surface area (Å²) < 4.78 is 0. The zero-order valence-corrected chi connectivity index (χ0v) is 7.12. The highest BCUT2D eigenvalue weighted by atomic mass is 16.1. The van der Waals surface area contributed by atoms with Crippen LogP contribution < -0.4 is 0 Å². The minimum atomic E-state index is 0.355. The van der Waals surface area contributed by atoms with Crippen molar-refractivity contribution < 1.29 is 4.79 Å². The van der Waals surface area contributed by atoms with Gasteiger partial charge in [0.05, 0.1) is 0 Å². The molecular formula is C10H16O. The number of unbranched alkanes of at least 4 members (excludes halogenated alkanes) is 2. The van der Waals surface area contributed by atoms with Crippen LogP contribution in [0.25, 0.3) is 0 Å². The predicted molar refractivity (Wildman–Crippen MR) is 46.3 cm³/mol. The molecule has 1 aliphatic rings. The third-order valence-corrected chi connectivity index (χ3v) is 2.17. The molecule has 0 amide bonds. The van der Waals surface area contributed by atoms with E-state index in [0.717, 1.165) is 12.7 Å². The Labute approximate surface area is 68.5 Å². The van der Waals surface area contributed by atoms with Gasteiger partial charge in [0.2, 0.25) is 0 Å². The lowest BCUT2D eigenvalue weighted by molar-refractivity contribution is -0.109. The third kappa shape index (κ3) is 2.87. The summed E-state index contributed by atoms with van der Waals surface area (Å²) in [5.74, 6) is 0.942. The van der Waals surface area contributed by atoms with Gasteiger partial charge in [-0.25, -0.2) is 0 Å². The van der Waals surface area contributed by atoms with Gasteiger partial charge < -0.3 is 4.79 Å². The molecular weight excluding hydrogens is 136 g/mol. The first-order chi connectivity index (χ1) is 5.38. The Morgan fingerprint density at radius 3 is 2.82 bits per heavy atom. The Kier molecular flexibility index (Phi) is 3.34. The number of hydrogen-bond donors (Lipinski definition) is 0. The molecule has 1 nitrogen and oxygen atoms in total. The molecule has 1 rings (SSSR count). The van der Waals surface area contributed by atoms with Crippen LogP contribution in [-0.2, 0) is 4.79 Å². The van der Waals surface area contributed by atoms with Gasteiger partial charge in [0.1, 0.15) is 6.29 Å². The Bertz CT molecular complexity index is 149. The van der Waals surface area contributed by atoms with Crippen LogP contribution in [0.3, 0.4) is 0 Å². The maximum atomic E-state index is 10.2. The highest BCUT2D eigenvalue weighted by molar-refractivity contribution is 5.59. The topological polar surface area (TPSA) is 17.1 Å². The van der Waals surface area contributed by atoms with Crippen LogP contribution in [0.4, 0.5) is 0 Å². The lowest BCUT2D eigenvalue weighted by Gasteiger charge is -1.87. The average molecular weight is 152 g/mol. The van der Waals surface area contributed by atoms with Crippen LogP contribution in [0.15, 0.2) is 12.2 Å². The molecule has 0 heterocycles. The van der Waals surface area contributed by atoms with Crippen LogP contribution in [-0.4, -0.2) is 6.29 Å². The Hall–Kier alpha value is -0.590. The number of carbonyl (C=O) groups is 1. The number of carbonyl (C=O) groups excluding carboxylic acids is 1. The summed E-state index contributed by atoms with van der Waals surface area (Å²) in [5.41, 5.74) is 0. The first kappa shape index (κ1) is 8.51. The second kappa shape index (κ2) is 4.32. The number of allylic oxidation sites excluding steroid dienone is 2. The summed E-state index contributed by atoms with van der Waals surface area (Å²) in [6.45, 7) is 2.19. The minimum absolute atomic E-state index is 0.355. The number of rotatable bonds is 5. The van der Waals surface area contributed by atoms with Gasteiger partial charge in [-0.2, -0.15) is 0 Å². The lowest BCUT2D eigenvalue weighted by Crippen LogP contribution is -1.77. The van der Waals surface area contributed by atoms with Crippen LogP contribution in [0, 0.1) is 11.8 Å². The van der Waals surface area contributed by atoms with Crippen molar-refractivity contribution in [3.63, 3.8) is 0 Å². The van der Waals surface area contributed by atoms with Crippen molar-refractivity contribution in [2.24, 2.45) is 11.8 Å². The summed E-state index contributed by atoms with van der Waals surface area (Å²) in [4.78, 5) is 10.2.